The summed E-state index contributed by atoms with van der Waals surface area (Å²) in [4.78, 5) is 27.4. The summed E-state index contributed by atoms with van der Waals surface area (Å²) in [5.41, 5.74) is 1.30. The van der Waals surface area contributed by atoms with E-state index >= 15 is 0 Å². The number of halogens is 1. The first-order valence-corrected chi connectivity index (χ1v) is 9.54. The van der Waals surface area contributed by atoms with Gasteiger partial charge in [0.15, 0.2) is 0 Å². The molecule has 1 saturated heterocycles. The van der Waals surface area contributed by atoms with Gasteiger partial charge in [0, 0.05) is 25.7 Å². The van der Waals surface area contributed by atoms with Gasteiger partial charge in [-0.05, 0) is 24.6 Å². The van der Waals surface area contributed by atoms with Crippen molar-refractivity contribution in [3.05, 3.63) is 70.7 Å². The Morgan fingerprint density at radius 1 is 1.19 bits per heavy atom. The van der Waals surface area contributed by atoms with Gasteiger partial charge in [0.05, 0.1) is 23.0 Å². The Kier molecular flexibility index (Phi) is 6.48. The van der Waals surface area contributed by atoms with Crippen molar-refractivity contribution in [2.75, 3.05) is 19.6 Å². The summed E-state index contributed by atoms with van der Waals surface area (Å²) in [6.45, 7) is 4.21. The first-order valence-electron chi connectivity index (χ1n) is 9.16. The first-order chi connectivity index (χ1) is 13.0. The van der Waals surface area contributed by atoms with Gasteiger partial charge in [-0.15, -0.1) is 0 Å². The van der Waals surface area contributed by atoms with Crippen molar-refractivity contribution in [3.8, 4) is 0 Å². The van der Waals surface area contributed by atoms with Gasteiger partial charge >= 0.3 is 0 Å². The largest absolute Gasteiger partial charge is 0.345 e. The molecule has 2 aromatic rings. The van der Waals surface area contributed by atoms with Gasteiger partial charge in [0.25, 0.3) is 5.91 Å². The van der Waals surface area contributed by atoms with Crippen molar-refractivity contribution in [1.29, 1.82) is 0 Å². The van der Waals surface area contributed by atoms with Gasteiger partial charge in [0.1, 0.15) is 0 Å². The summed E-state index contributed by atoms with van der Waals surface area (Å²) in [6, 6.07) is 16.3. The fourth-order valence-electron chi connectivity index (χ4n) is 3.28. The zero-order valence-electron chi connectivity index (χ0n) is 15.3. The fraction of sp³-hybridized carbons (Fsp3) is 0.333. The molecule has 0 bridgehead atoms. The highest BCUT2D eigenvalue weighted by Crippen LogP contribution is 2.21. The molecule has 142 valence electrons. The molecule has 3 rings (SSSR count). The van der Waals surface area contributed by atoms with Crippen LogP contribution in [0.5, 0.6) is 0 Å². The van der Waals surface area contributed by atoms with Crippen LogP contribution in [0.25, 0.3) is 0 Å². The van der Waals surface area contributed by atoms with Gasteiger partial charge in [0.2, 0.25) is 5.91 Å². The summed E-state index contributed by atoms with van der Waals surface area (Å²) in [5, 5.41) is 6.71. The van der Waals surface area contributed by atoms with Crippen molar-refractivity contribution in [3.63, 3.8) is 0 Å². The molecule has 2 unspecified atom stereocenters. The van der Waals surface area contributed by atoms with Crippen molar-refractivity contribution in [2.24, 2.45) is 0 Å². The highest BCUT2D eigenvalue weighted by molar-refractivity contribution is 6.33. The molecule has 0 aliphatic carbocycles. The average molecular weight is 386 g/mol. The Morgan fingerprint density at radius 3 is 2.59 bits per heavy atom. The first kappa shape index (κ1) is 19.4. The molecule has 1 aliphatic rings. The molecule has 0 radical (unpaired) electrons. The quantitative estimate of drug-likeness (QED) is 0.831. The Hall–Kier alpha value is -2.37. The summed E-state index contributed by atoms with van der Waals surface area (Å²) < 4.78 is 0. The van der Waals surface area contributed by atoms with E-state index in [9.17, 15) is 9.59 Å². The van der Waals surface area contributed by atoms with Gasteiger partial charge in [-0.25, -0.2) is 0 Å². The molecule has 0 aromatic heterocycles. The highest BCUT2D eigenvalue weighted by atomic mass is 35.5. The monoisotopic (exact) mass is 385 g/mol. The SMILES string of the molecule is CC1CN(C(=O)CC(NC(=O)c2ccccc2Cl)c2ccccc2)CCN1. The number of carbonyl (C=O) groups excluding carboxylic acids is 2. The van der Waals surface area contributed by atoms with Crippen LogP contribution in [0.2, 0.25) is 5.02 Å². The van der Waals surface area contributed by atoms with Crippen LogP contribution in [0.3, 0.4) is 0 Å². The topological polar surface area (TPSA) is 61.4 Å². The van der Waals surface area contributed by atoms with Crippen molar-refractivity contribution in [2.45, 2.75) is 25.4 Å². The zero-order valence-corrected chi connectivity index (χ0v) is 16.1. The number of carbonyl (C=O) groups is 2. The molecule has 2 atom stereocenters. The van der Waals surface area contributed by atoms with E-state index in [2.05, 4.69) is 17.6 Å². The van der Waals surface area contributed by atoms with Gasteiger partial charge in [-0.1, -0.05) is 54.1 Å². The predicted molar refractivity (Wildman–Crippen MR) is 107 cm³/mol. The van der Waals surface area contributed by atoms with E-state index in [-0.39, 0.29) is 24.3 Å². The lowest BCUT2D eigenvalue weighted by Gasteiger charge is -2.33. The molecule has 1 heterocycles. The van der Waals surface area contributed by atoms with Gasteiger partial charge in [-0.3, -0.25) is 9.59 Å². The number of hydrogen-bond acceptors (Lipinski definition) is 3. The van der Waals surface area contributed by atoms with E-state index in [0.29, 0.717) is 23.7 Å². The number of rotatable bonds is 5. The molecule has 1 aliphatic heterocycles. The third-order valence-electron chi connectivity index (χ3n) is 4.73. The van der Waals surface area contributed by atoms with E-state index in [1.165, 1.54) is 0 Å². The summed E-state index contributed by atoms with van der Waals surface area (Å²) >= 11 is 6.15. The smallest absolute Gasteiger partial charge is 0.253 e. The van der Waals surface area contributed by atoms with E-state index < -0.39 is 6.04 Å². The molecule has 0 saturated carbocycles. The van der Waals surface area contributed by atoms with E-state index in [1.54, 1.807) is 24.3 Å². The molecule has 5 nitrogen and oxygen atoms in total. The Labute approximate surface area is 164 Å². The molecular formula is C21H24ClN3O2. The summed E-state index contributed by atoms with van der Waals surface area (Å²) in [7, 11) is 0. The van der Waals surface area contributed by atoms with Gasteiger partial charge < -0.3 is 15.5 Å². The van der Waals surface area contributed by atoms with Gasteiger partial charge in [-0.2, -0.15) is 0 Å². The maximum absolute atomic E-state index is 12.8. The lowest BCUT2D eigenvalue weighted by molar-refractivity contribution is -0.132. The minimum atomic E-state index is -0.410. The maximum Gasteiger partial charge on any atom is 0.253 e. The minimum Gasteiger partial charge on any atom is -0.345 e. The molecule has 2 amide bonds. The zero-order chi connectivity index (χ0) is 19.2. The maximum atomic E-state index is 12.8. The Bertz CT molecular complexity index is 797. The molecular weight excluding hydrogens is 362 g/mol. The summed E-state index contributed by atoms with van der Waals surface area (Å²) in [5.74, 6) is -0.243. The van der Waals surface area contributed by atoms with E-state index in [0.717, 1.165) is 12.1 Å². The lowest BCUT2D eigenvalue weighted by Crippen LogP contribution is -2.51. The second-order valence-electron chi connectivity index (χ2n) is 6.82. The lowest BCUT2D eigenvalue weighted by atomic mass is 10.0. The molecule has 2 N–H and O–H groups in total. The third kappa shape index (κ3) is 5.08. The second kappa shape index (κ2) is 9.02. The number of piperazine rings is 1. The molecule has 0 spiro atoms. The van der Waals surface area contributed by atoms with Crippen LogP contribution in [0.4, 0.5) is 0 Å². The highest BCUT2D eigenvalue weighted by Gasteiger charge is 2.25. The Balaban J connectivity index is 1.76. The second-order valence-corrected chi connectivity index (χ2v) is 7.22. The van der Waals surface area contributed by atoms with Crippen molar-refractivity contribution < 1.29 is 9.59 Å². The minimum absolute atomic E-state index is 0.0386. The molecule has 1 fully saturated rings. The van der Waals surface area contributed by atoms with E-state index in [4.69, 9.17) is 11.6 Å². The van der Waals surface area contributed by atoms with Crippen LogP contribution >= 0.6 is 11.6 Å². The molecule has 2 aromatic carbocycles. The number of nitrogens with one attached hydrogen (secondary N) is 2. The van der Waals surface area contributed by atoms with Crippen LogP contribution < -0.4 is 10.6 Å². The molecule has 6 heteroatoms. The Morgan fingerprint density at radius 2 is 1.89 bits per heavy atom. The number of nitrogens with zero attached hydrogens (tertiary/aromatic N) is 1. The molecule has 27 heavy (non-hydrogen) atoms. The normalized spacial score (nSPS) is 18.0. The van der Waals surface area contributed by atoms with Crippen LogP contribution in [0.1, 0.15) is 35.3 Å². The number of hydrogen-bond donors (Lipinski definition) is 2. The number of amides is 2. The third-order valence-corrected chi connectivity index (χ3v) is 5.06. The van der Waals surface area contributed by atoms with Crippen molar-refractivity contribution in [1.82, 2.24) is 15.5 Å². The van der Waals surface area contributed by atoms with Crippen LogP contribution in [-0.2, 0) is 4.79 Å². The fourth-order valence-corrected chi connectivity index (χ4v) is 3.50. The predicted octanol–water partition coefficient (Wildman–Crippen LogP) is 3.02. The number of benzene rings is 2. The average Bonchev–Trinajstić information content (AvgIpc) is 2.68. The van der Waals surface area contributed by atoms with E-state index in [1.807, 2.05) is 35.2 Å². The van der Waals surface area contributed by atoms with Crippen LogP contribution in [0, 0.1) is 0 Å². The summed E-state index contributed by atoms with van der Waals surface area (Å²) in [6.07, 6.45) is 0.215. The van der Waals surface area contributed by atoms with Crippen LogP contribution in [0.15, 0.2) is 54.6 Å². The van der Waals surface area contributed by atoms with Crippen molar-refractivity contribution >= 4 is 23.4 Å². The van der Waals surface area contributed by atoms with Crippen LogP contribution in [-0.4, -0.2) is 42.4 Å². The standard InChI is InChI=1S/C21H24ClN3O2/c1-15-14-25(12-11-23-15)20(26)13-19(16-7-3-2-4-8-16)24-21(27)17-9-5-6-10-18(17)22/h2-10,15,19,23H,11-14H2,1H3,(H,24,27).